The van der Waals surface area contributed by atoms with Crippen molar-refractivity contribution in [2.45, 2.75) is 5.50 Å². The second-order valence-corrected chi connectivity index (χ2v) is 2.66. The molecule has 0 saturated carbocycles. The van der Waals surface area contributed by atoms with E-state index >= 15 is 0 Å². The lowest BCUT2D eigenvalue weighted by atomic mass is 10.6. The molecule has 1 atom stereocenters. The quantitative estimate of drug-likeness (QED) is 0.256. The van der Waals surface area contributed by atoms with E-state index in [-0.39, 0.29) is 0 Å². The molecule has 0 aliphatic carbocycles. The van der Waals surface area contributed by atoms with Crippen LogP contribution >= 0.6 is 35.2 Å². The smallest absolute Gasteiger partial charge is 0.269 e. The van der Waals surface area contributed by atoms with Crippen LogP contribution in [-0.2, 0) is 4.79 Å². The average Bonchev–Trinajstić information content (AvgIpc) is 2.07. The predicted octanol–water partition coefficient (Wildman–Crippen LogP) is 1.12. The number of imide groups is 1. The van der Waals surface area contributed by atoms with Crippen molar-refractivity contribution < 1.29 is 9.59 Å². The number of hydrogen-bond acceptors (Lipinski definition) is 2. The highest BCUT2D eigenvalue weighted by Crippen LogP contribution is 2.23. The van der Waals surface area contributed by atoms with Crippen molar-refractivity contribution in [1.82, 2.24) is 8.84 Å². The van der Waals surface area contributed by atoms with Crippen LogP contribution in [-0.4, -0.2) is 26.3 Å². The Bertz CT molecular complexity index is 176. The fraction of sp³-hybridized carbons (Fsp3) is 0.333. The molecule has 10 heavy (non-hydrogen) atoms. The largest absolute Gasteiger partial charge is 0.358 e. The lowest BCUT2D eigenvalue weighted by molar-refractivity contribution is -0.122. The summed E-state index contributed by atoms with van der Waals surface area (Å²) in [5.41, 5.74) is -1.19. The molecular formula is C3HCl3N2O2. The minimum Gasteiger partial charge on any atom is -0.269 e. The zero-order valence-electron chi connectivity index (χ0n) is 4.42. The summed E-state index contributed by atoms with van der Waals surface area (Å²) in [7, 11) is 0. The van der Waals surface area contributed by atoms with Crippen LogP contribution in [0.5, 0.6) is 0 Å². The number of hydrogen-bond donors (Lipinski definition) is 0. The molecule has 1 heterocycles. The van der Waals surface area contributed by atoms with Gasteiger partial charge in [-0.25, -0.2) is 9.21 Å². The molecule has 56 valence electrons. The van der Waals surface area contributed by atoms with E-state index in [9.17, 15) is 9.59 Å². The molecule has 0 bridgehead atoms. The number of rotatable bonds is 0. The van der Waals surface area contributed by atoms with E-state index in [2.05, 4.69) is 0 Å². The first-order valence-electron chi connectivity index (χ1n) is 2.18. The van der Waals surface area contributed by atoms with Gasteiger partial charge < -0.3 is 0 Å². The van der Waals surface area contributed by atoms with E-state index in [4.69, 9.17) is 35.2 Å². The maximum absolute atomic E-state index is 10.6. The summed E-state index contributed by atoms with van der Waals surface area (Å²) in [4.78, 5) is 21.2. The van der Waals surface area contributed by atoms with Gasteiger partial charge in [-0.15, -0.1) is 0 Å². The second kappa shape index (κ2) is 2.45. The predicted molar refractivity (Wildman–Crippen MR) is 35.4 cm³/mol. The van der Waals surface area contributed by atoms with E-state index in [0.717, 1.165) is 0 Å². The molecule has 1 aliphatic rings. The first-order valence-corrected chi connectivity index (χ1v) is 3.29. The van der Waals surface area contributed by atoms with E-state index in [1.54, 1.807) is 0 Å². The lowest BCUT2D eigenvalue weighted by Crippen LogP contribution is -2.20. The summed E-state index contributed by atoms with van der Waals surface area (Å²) in [6.45, 7) is 0. The molecular weight excluding hydrogens is 202 g/mol. The highest BCUT2D eigenvalue weighted by atomic mass is 35.5. The Balaban J connectivity index is 2.89. The topological polar surface area (TPSA) is 40.6 Å². The van der Waals surface area contributed by atoms with Crippen molar-refractivity contribution in [3.63, 3.8) is 0 Å². The Morgan fingerprint density at radius 1 is 1.30 bits per heavy atom. The number of alkyl halides is 1. The highest BCUT2D eigenvalue weighted by Gasteiger charge is 2.43. The maximum atomic E-state index is 10.6. The summed E-state index contributed by atoms with van der Waals surface area (Å²) >= 11 is 15.6. The zero-order chi connectivity index (χ0) is 7.89. The molecule has 1 rings (SSSR count). The molecule has 0 aromatic heterocycles. The van der Waals surface area contributed by atoms with Crippen molar-refractivity contribution in [2.75, 3.05) is 0 Å². The van der Waals surface area contributed by atoms with Crippen LogP contribution in [0.3, 0.4) is 0 Å². The van der Waals surface area contributed by atoms with Crippen LogP contribution < -0.4 is 0 Å². The summed E-state index contributed by atoms with van der Waals surface area (Å²) in [6, 6.07) is -0.826. The Kier molecular flexibility index (Phi) is 1.94. The van der Waals surface area contributed by atoms with Crippen LogP contribution in [0.15, 0.2) is 0 Å². The van der Waals surface area contributed by atoms with Crippen molar-refractivity contribution in [3.05, 3.63) is 0 Å². The number of urea groups is 1. The van der Waals surface area contributed by atoms with E-state index in [1.807, 2.05) is 0 Å². The maximum Gasteiger partial charge on any atom is 0.358 e. The minimum atomic E-state index is -1.19. The van der Waals surface area contributed by atoms with Gasteiger partial charge in [0.25, 0.3) is 5.91 Å². The minimum absolute atomic E-state index is 0.338. The number of carbonyl (C=O) groups excluding carboxylic acids is 2. The first kappa shape index (κ1) is 7.91. The van der Waals surface area contributed by atoms with Crippen molar-refractivity contribution in [3.8, 4) is 0 Å². The highest BCUT2D eigenvalue weighted by molar-refractivity contribution is 6.46. The number of nitrogens with zero attached hydrogens (tertiary/aromatic N) is 2. The molecule has 1 aliphatic heterocycles. The van der Waals surface area contributed by atoms with Gasteiger partial charge in [0.15, 0.2) is 0 Å². The van der Waals surface area contributed by atoms with Gasteiger partial charge in [0.1, 0.15) is 0 Å². The van der Waals surface area contributed by atoms with Gasteiger partial charge in [-0.2, -0.15) is 4.42 Å². The van der Waals surface area contributed by atoms with E-state index < -0.39 is 17.4 Å². The molecule has 0 spiro atoms. The SMILES string of the molecule is O=C1C(Cl)N(Cl)C(=O)N1Cl. The van der Waals surface area contributed by atoms with E-state index in [0.29, 0.717) is 8.84 Å². The van der Waals surface area contributed by atoms with Gasteiger partial charge in [-0.05, 0) is 0 Å². The number of halogens is 3. The Hall–Kier alpha value is -0.190. The van der Waals surface area contributed by atoms with Crippen LogP contribution in [0.25, 0.3) is 0 Å². The fourth-order valence-corrected chi connectivity index (χ4v) is 1.07. The molecule has 1 fully saturated rings. The summed E-state index contributed by atoms with van der Waals surface area (Å²) in [5, 5.41) is 0. The van der Waals surface area contributed by atoms with Gasteiger partial charge in [-0.3, -0.25) is 4.79 Å². The molecule has 0 N–H and O–H groups in total. The van der Waals surface area contributed by atoms with Crippen LogP contribution in [0, 0.1) is 0 Å². The molecule has 1 saturated heterocycles. The van der Waals surface area contributed by atoms with Crippen LogP contribution in [0.1, 0.15) is 0 Å². The van der Waals surface area contributed by atoms with Gasteiger partial charge in [0.2, 0.25) is 5.50 Å². The third-order valence-corrected chi connectivity index (χ3v) is 2.08. The van der Waals surface area contributed by atoms with Crippen molar-refractivity contribution in [2.24, 2.45) is 0 Å². The van der Waals surface area contributed by atoms with Gasteiger partial charge in [0.05, 0.1) is 0 Å². The van der Waals surface area contributed by atoms with Gasteiger partial charge in [0, 0.05) is 23.6 Å². The Morgan fingerprint density at radius 2 is 1.80 bits per heavy atom. The molecule has 3 amide bonds. The molecule has 0 aromatic carbocycles. The lowest BCUT2D eigenvalue weighted by Gasteiger charge is -2.02. The Labute approximate surface area is 71.4 Å². The standard InChI is InChI=1S/C3HCl3N2O2/c4-1-2(9)8(6)3(10)7(1)5/h1H. The fourth-order valence-electron chi connectivity index (χ4n) is 0.466. The summed E-state index contributed by atoms with van der Waals surface area (Å²) < 4.78 is 0.863. The van der Waals surface area contributed by atoms with Gasteiger partial charge in [-0.1, -0.05) is 11.6 Å². The molecule has 4 nitrogen and oxygen atoms in total. The monoisotopic (exact) mass is 202 g/mol. The molecule has 0 aromatic rings. The van der Waals surface area contributed by atoms with Crippen LogP contribution in [0.2, 0.25) is 0 Å². The molecule has 0 radical (unpaired) electrons. The first-order chi connectivity index (χ1) is 4.55. The third-order valence-electron chi connectivity index (χ3n) is 0.947. The summed E-state index contributed by atoms with van der Waals surface area (Å²) in [5.74, 6) is -0.733. The third kappa shape index (κ3) is 0.923. The van der Waals surface area contributed by atoms with Crippen LogP contribution in [0.4, 0.5) is 4.79 Å². The van der Waals surface area contributed by atoms with Crippen molar-refractivity contribution in [1.29, 1.82) is 0 Å². The normalized spacial score (nSPS) is 26.5. The number of amides is 3. The Morgan fingerprint density at radius 3 is 1.90 bits per heavy atom. The second-order valence-electron chi connectivity index (χ2n) is 1.55. The number of carbonyl (C=O) groups is 2. The zero-order valence-corrected chi connectivity index (χ0v) is 6.69. The van der Waals surface area contributed by atoms with E-state index in [1.165, 1.54) is 0 Å². The molecule has 1 unspecified atom stereocenters. The average molecular weight is 203 g/mol. The molecule has 7 heteroatoms. The van der Waals surface area contributed by atoms with Crippen molar-refractivity contribution >= 4 is 47.1 Å². The summed E-state index contributed by atoms with van der Waals surface area (Å²) in [6.07, 6.45) is 0. The van der Waals surface area contributed by atoms with Gasteiger partial charge >= 0.3 is 6.03 Å².